The molecule has 6 heteroatoms. The van der Waals surface area contributed by atoms with Gasteiger partial charge in [0.05, 0.1) is 18.1 Å². The quantitative estimate of drug-likeness (QED) is 0.538. The SMILES string of the molecule is COc1cc(C(=O)O)cc(-c2cc(CC(=O)C3(c4ccc5c(c4)OCO5)CC3)ccc2C)c1.[HH]. The number of carbonyl (C=O) groups is 2. The van der Waals surface area contributed by atoms with Crippen LogP contribution in [0.1, 0.15) is 41.3 Å². The van der Waals surface area contributed by atoms with Crippen LogP contribution in [0.15, 0.2) is 54.6 Å². The van der Waals surface area contributed by atoms with Gasteiger partial charge in [-0.05, 0) is 77.9 Å². The molecule has 0 unspecified atom stereocenters. The Bertz CT molecular complexity index is 1280. The van der Waals surface area contributed by atoms with E-state index in [1.165, 1.54) is 13.2 Å². The number of fused-ring (bicyclic) bond motifs is 1. The lowest BCUT2D eigenvalue weighted by molar-refractivity contribution is -0.120. The Morgan fingerprint density at radius 3 is 2.55 bits per heavy atom. The molecule has 1 aliphatic carbocycles. The summed E-state index contributed by atoms with van der Waals surface area (Å²) in [6.45, 7) is 2.18. The van der Waals surface area contributed by atoms with E-state index in [0.29, 0.717) is 23.7 Å². The Morgan fingerprint density at radius 2 is 1.82 bits per heavy atom. The minimum Gasteiger partial charge on any atom is -0.497 e. The molecule has 0 radical (unpaired) electrons. The van der Waals surface area contributed by atoms with Gasteiger partial charge in [-0.25, -0.2) is 4.79 Å². The van der Waals surface area contributed by atoms with E-state index in [1.807, 2.05) is 49.4 Å². The van der Waals surface area contributed by atoms with Crippen molar-refractivity contribution in [1.82, 2.24) is 0 Å². The minimum atomic E-state index is -1.02. The van der Waals surface area contributed by atoms with Gasteiger partial charge in [0.15, 0.2) is 11.5 Å². The Kier molecular flexibility index (Phi) is 5.08. The Morgan fingerprint density at radius 1 is 1.03 bits per heavy atom. The van der Waals surface area contributed by atoms with Crippen molar-refractivity contribution in [3.8, 4) is 28.4 Å². The number of carboxylic acids is 1. The second kappa shape index (κ2) is 7.96. The molecule has 1 N–H and O–H groups in total. The number of carboxylic acid groups (broad SMARTS) is 1. The van der Waals surface area contributed by atoms with E-state index < -0.39 is 11.4 Å². The van der Waals surface area contributed by atoms with Crippen molar-refractivity contribution in [3.05, 3.63) is 76.9 Å². The molecule has 170 valence electrons. The van der Waals surface area contributed by atoms with Crippen LogP contribution in [0.3, 0.4) is 0 Å². The van der Waals surface area contributed by atoms with E-state index in [-0.39, 0.29) is 19.6 Å². The van der Waals surface area contributed by atoms with Crippen molar-refractivity contribution in [2.24, 2.45) is 0 Å². The molecular weight excluding hydrogens is 420 g/mol. The highest BCUT2D eigenvalue weighted by Gasteiger charge is 2.50. The largest absolute Gasteiger partial charge is 0.497 e. The summed E-state index contributed by atoms with van der Waals surface area (Å²) in [5, 5.41) is 9.47. The van der Waals surface area contributed by atoms with Gasteiger partial charge in [0.2, 0.25) is 6.79 Å². The maximum absolute atomic E-state index is 13.4. The van der Waals surface area contributed by atoms with Crippen molar-refractivity contribution >= 4 is 11.8 Å². The van der Waals surface area contributed by atoms with E-state index in [1.54, 1.807) is 6.07 Å². The molecule has 5 rings (SSSR count). The number of hydrogen-bond donors (Lipinski definition) is 1. The van der Waals surface area contributed by atoms with Gasteiger partial charge in [-0.3, -0.25) is 4.79 Å². The lowest BCUT2D eigenvalue weighted by Gasteiger charge is -2.16. The van der Waals surface area contributed by atoms with Gasteiger partial charge < -0.3 is 19.3 Å². The average Bonchev–Trinajstić information content (AvgIpc) is 3.50. The molecule has 1 fully saturated rings. The molecular formula is C27H26O6. The zero-order valence-electron chi connectivity index (χ0n) is 18.5. The van der Waals surface area contributed by atoms with E-state index >= 15 is 0 Å². The molecule has 0 spiro atoms. The zero-order valence-corrected chi connectivity index (χ0v) is 18.5. The molecule has 3 aromatic carbocycles. The molecule has 1 heterocycles. The number of aryl methyl sites for hydroxylation is 1. The fourth-order valence-electron chi connectivity index (χ4n) is 4.49. The summed E-state index contributed by atoms with van der Waals surface area (Å²) in [6, 6.07) is 16.6. The summed E-state index contributed by atoms with van der Waals surface area (Å²) < 4.78 is 16.2. The van der Waals surface area contributed by atoms with Crippen LogP contribution in [0.25, 0.3) is 11.1 Å². The fraction of sp³-hybridized carbons (Fsp3) is 0.259. The summed E-state index contributed by atoms with van der Waals surface area (Å²) in [6.07, 6.45) is 1.95. The van der Waals surface area contributed by atoms with E-state index in [9.17, 15) is 14.7 Å². The summed E-state index contributed by atoms with van der Waals surface area (Å²) in [7, 11) is 1.51. The standard InChI is InChI=1S/C27H24O6.H2/c1-16-3-4-17(9-22(16)18-11-19(26(29)30)13-21(12-18)31-2)10-25(28)27(7-8-27)20-5-6-23-24(14-20)33-15-32-23;/h3-6,9,11-14H,7-8,10,15H2,1-2H3,(H,29,30);1H. The Balaban J connectivity index is 0.00000274. The van der Waals surface area contributed by atoms with Gasteiger partial charge in [0.1, 0.15) is 11.5 Å². The van der Waals surface area contributed by atoms with Crippen LogP contribution in [0.2, 0.25) is 0 Å². The monoisotopic (exact) mass is 446 g/mol. The molecule has 6 nitrogen and oxygen atoms in total. The van der Waals surface area contributed by atoms with E-state index in [0.717, 1.165) is 40.7 Å². The first-order chi connectivity index (χ1) is 15.9. The Labute approximate surface area is 193 Å². The highest BCUT2D eigenvalue weighted by molar-refractivity contribution is 5.95. The Hall–Kier alpha value is -3.80. The molecule has 1 aliphatic heterocycles. The number of ether oxygens (including phenoxy) is 3. The molecule has 0 atom stereocenters. The first kappa shape index (κ1) is 21.1. The first-order valence-electron chi connectivity index (χ1n) is 10.9. The molecule has 0 amide bonds. The van der Waals surface area contributed by atoms with Gasteiger partial charge in [-0.2, -0.15) is 0 Å². The van der Waals surface area contributed by atoms with Gasteiger partial charge in [-0.1, -0.05) is 24.3 Å². The number of ketones is 1. The second-order valence-electron chi connectivity index (χ2n) is 8.65. The molecule has 2 aliphatic rings. The van der Waals surface area contributed by atoms with Crippen molar-refractivity contribution < 1.29 is 30.3 Å². The maximum atomic E-state index is 13.4. The molecule has 33 heavy (non-hydrogen) atoms. The lowest BCUT2D eigenvalue weighted by atomic mass is 9.86. The highest BCUT2D eigenvalue weighted by atomic mass is 16.7. The lowest BCUT2D eigenvalue weighted by Crippen LogP contribution is -2.22. The molecule has 0 saturated heterocycles. The molecule has 0 bridgehead atoms. The van der Waals surface area contributed by atoms with Crippen LogP contribution in [0.4, 0.5) is 0 Å². The summed E-state index contributed by atoms with van der Waals surface area (Å²) in [5.74, 6) is 1.04. The van der Waals surface area contributed by atoms with Crippen molar-refractivity contribution in [1.29, 1.82) is 0 Å². The maximum Gasteiger partial charge on any atom is 0.335 e. The minimum absolute atomic E-state index is 0. The third-order valence-corrected chi connectivity index (χ3v) is 6.58. The summed E-state index contributed by atoms with van der Waals surface area (Å²) in [4.78, 5) is 25.0. The zero-order chi connectivity index (χ0) is 23.2. The van der Waals surface area contributed by atoms with Crippen LogP contribution >= 0.6 is 0 Å². The average molecular weight is 446 g/mol. The van der Waals surface area contributed by atoms with Crippen LogP contribution in [0, 0.1) is 6.92 Å². The number of methoxy groups -OCH3 is 1. The predicted octanol–water partition coefficient (Wildman–Crippen LogP) is 5.19. The molecule has 0 aromatic heterocycles. The molecule has 1 saturated carbocycles. The van der Waals surface area contributed by atoms with Crippen molar-refractivity contribution in [2.45, 2.75) is 31.6 Å². The van der Waals surface area contributed by atoms with E-state index in [4.69, 9.17) is 14.2 Å². The van der Waals surface area contributed by atoms with Crippen LogP contribution in [-0.4, -0.2) is 30.8 Å². The number of rotatable bonds is 7. The number of Topliss-reactive ketones (excluding diaryl/α,β-unsaturated/α-hetero) is 1. The number of hydrogen-bond acceptors (Lipinski definition) is 5. The summed E-state index contributed by atoms with van der Waals surface area (Å²) >= 11 is 0. The number of aromatic carboxylic acids is 1. The van der Waals surface area contributed by atoms with Crippen LogP contribution < -0.4 is 14.2 Å². The highest BCUT2D eigenvalue weighted by Crippen LogP contribution is 2.51. The second-order valence-corrected chi connectivity index (χ2v) is 8.65. The topological polar surface area (TPSA) is 82.1 Å². The van der Waals surface area contributed by atoms with Gasteiger partial charge in [0.25, 0.3) is 0 Å². The third-order valence-electron chi connectivity index (χ3n) is 6.58. The normalized spacial score (nSPS) is 15.2. The predicted molar refractivity (Wildman–Crippen MR) is 124 cm³/mol. The smallest absolute Gasteiger partial charge is 0.335 e. The van der Waals surface area contributed by atoms with Gasteiger partial charge in [-0.15, -0.1) is 0 Å². The summed E-state index contributed by atoms with van der Waals surface area (Å²) in [5.41, 5.74) is 4.18. The van der Waals surface area contributed by atoms with Crippen LogP contribution in [0.5, 0.6) is 17.2 Å². The van der Waals surface area contributed by atoms with Crippen molar-refractivity contribution in [3.63, 3.8) is 0 Å². The molecule has 3 aromatic rings. The van der Waals surface area contributed by atoms with Crippen LogP contribution in [-0.2, 0) is 16.6 Å². The first-order valence-corrected chi connectivity index (χ1v) is 10.9. The van der Waals surface area contributed by atoms with Gasteiger partial charge in [0, 0.05) is 7.85 Å². The fourth-order valence-corrected chi connectivity index (χ4v) is 4.49. The van der Waals surface area contributed by atoms with Crippen molar-refractivity contribution in [2.75, 3.05) is 13.9 Å². The third kappa shape index (κ3) is 3.82. The van der Waals surface area contributed by atoms with Gasteiger partial charge >= 0.3 is 5.97 Å². The number of carbonyl (C=O) groups excluding carboxylic acids is 1. The van der Waals surface area contributed by atoms with E-state index in [2.05, 4.69) is 0 Å². The number of benzene rings is 3.